The van der Waals surface area contributed by atoms with Gasteiger partial charge in [0.25, 0.3) is 5.91 Å². The van der Waals surface area contributed by atoms with Crippen molar-refractivity contribution in [2.75, 3.05) is 30.4 Å². The van der Waals surface area contributed by atoms with Crippen LogP contribution in [0.2, 0.25) is 0 Å². The highest BCUT2D eigenvalue weighted by molar-refractivity contribution is 7.91. The van der Waals surface area contributed by atoms with E-state index in [-0.39, 0.29) is 23.5 Å². The van der Waals surface area contributed by atoms with Crippen LogP contribution in [0.15, 0.2) is 12.3 Å². The second-order valence-corrected chi connectivity index (χ2v) is 7.82. The van der Waals surface area contributed by atoms with E-state index in [1.54, 1.807) is 18.0 Å². The van der Waals surface area contributed by atoms with Crippen molar-refractivity contribution in [2.45, 2.75) is 32.2 Å². The van der Waals surface area contributed by atoms with Crippen molar-refractivity contribution in [1.82, 2.24) is 14.9 Å². The Balaban J connectivity index is 2.02. The molecule has 0 spiro atoms. The molecular weight excluding hydrogens is 304 g/mol. The lowest BCUT2D eigenvalue weighted by molar-refractivity contribution is 0.0787. The molecule has 7 nitrogen and oxygen atoms in total. The third kappa shape index (κ3) is 4.40. The molecular formula is C14H22N4O3S. The summed E-state index contributed by atoms with van der Waals surface area (Å²) < 4.78 is 22.9. The van der Waals surface area contributed by atoms with E-state index in [1.807, 2.05) is 0 Å². The average molecular weight is 326 g/mol. The van der Waals surface area contributed by atoms with Gasteiger partial charge in [0.15, 0.2) is 9.84 Å². The van der Waals surface area contributed by atoms with Crippen LogP contribution >= 0.6 is 0 Å². The zero-order valence-corrected chi connectivity index (χ0v) is 13.8. The van der Waals surface area contributed by atoms with Gasteiger partial charge in [0.05, 0.1) is 11.5 Å². The van der Waals surface area contributed by atoms with Gasteiger partial charge in [0.1, 0.15) is 5.69 Å². The van der Waals surface area contributed by atoms with Crippen LogP contribution in [0.3, 0.4) is 0 Å². The summed E-state index contributed by atoms with van der Waals surface area (Å²) in [7, 11) is -1.21. The molecule has 0 bridgehead atoms. The minimum Gasteiger partial charge on any atom is -0.350 e. The molecule has 0 aromatic carbocycles. The van der Waals surface area contributed by atoms with Gasteiger partial charge in [0.2, 0.25) is 5.95 Å². The Hall–Kier alpha value is -1.70. The summed E-state index contributed by atoms with van der Waals surface area (Å²) in [6, 6.07) is 1.38. The van der Waals surface area contributed by atoms with Gasteiger partial charge >= 0.3 is 0 Å². The minimum atomic E-state index is -2.96. The second-order valence-electron chi connectivity index (χ2n) is 5.59. The normalized spacial score (nSPS) is 19.8. The molecule has 2 heterocycles. The van der Waals surface area contributed by atoms with Crippen LogP contribution in [-0.4, -0.2) is 60.3 Å². The lowest BCUT2D eigenvalue weighted by Crippen LogP contribution is -2.29. The third-order valence-electron chi connectivity index (χ3n) is 3.63. The minimum absolute atomic E-state index is 0.0882. The molecule has 122 valence electrons. The topological polar surface area (TPSA) is 92.3 Å². The lowest BCUT2D eigenvalue weighted by atomic mass is 10.3. The van der Waals surface area contributed by atoms with Gasteiger partial charge in [-0.05, 0) is 18.9 Å². The summed E-state index contributed by atoms with van der Waals surface area (Å²) in [4.78, 5) is 22.2. The highest BCUT2D eigenvalue weighted by Gasteiger charge is 2.28. The fraction of sp³-hybridized carbons (Fsp3) is 0.643. The highest BCUT2D eigenvalue weighted by Crippen LogP contribution is 2.15. The van der Waals surface area contributed by atoms with E-state index in [1.165, 1.54) is 6.20 Å². The van der Waals surface area contributed by atoms with Crippen molar-refractivity contribution in [1.29, 1.82) is 0 Å². The average Bonchev–Trinajstić information content (AvgIpc) is 2.83. The predicted octanol–water partition coefficient (Wildman–Crippen LogP) is 0.948. The molecule has 1 N–H and O–H groups in total. The summed E-state index contributed by atoms with van der Waals surface area (Å²) in [5, 5.41) is 3.00. The first-order valence-electron chi connectivity index (χ1n) is 7.47. The van der Waals surface area contributed by atoms with Crippen LogP contribution < -0.4 is 5.32 Å². The number of hydrogen-bond donors (Lipinski definition) is 1. The molecule has 0 aliphatic carbocycles. The van der Waals surface area contributed by atoms with Gasteiger partial charge in [-0.3, -0.25) is 4.79 Å². The third-order valence-corrected chi connectivity index (χ3v) is 5.40. The number of carbonyl (C=O) groups is 1. The number of sulfone groups is 1. The number of unbranched alkanes of at least 4 members (excludes halogenated alkanes) is 1. The number of hydrogen-bond acceptors (Lipinski definition) is 6. The maximum atomic E-state index is 12.3. The molecule has 0 saturated carbocycles. The van der Waals surface area contributed by atoms with Gasteiger partial charge in [-0.15, -0.1) is 0 Å². The Kier molecular flexibility index (Phi) is 5.33. The van der Waals surface area contributed by atoms with E-state index in [0.717, 1.165) is 12.8 Å². The first-order chi connectivity index (χ1) is 10.4. The first-order valence-corrected chi connectivity index (χ1v) is 9.29. The molecule has 1 aromatic rings. The van der Waals surface area contributed by atoms with Crippen LogP contribution in [0.25, 0.3) is 0 Å². The van der Waals surface area contributed by atoms with Gasteiger partial charge in [-0.2, -0.15) is 0 Å². The number of amides is 1. The van der Waals surface area contributed by atoms with E-state index in [0.29, 0.717) is 24.6 Å². The molecule has 2 rings (SSSR count). The summed E-state index contributed by atoms with van der Waals surface area (Å²) in [6.45, 7) is 2.75. The van der Waals surface area contributed by atoms with Crippen molar-refractivity contribution in [3.05, 3.63) is 18.0 Å². The van der Waals surface area contributed by atoms with E-state index in [9.17, 15) is 13.2 Å². The van der Waals surface area contributed by atoms with Crippen molar-refractivity contribution in [3.63, 3.8) is 0 Å². The molecule has 1 unspecified atom stereocenters. The number of aromatic nitrogens is 2. The Morgan fingerprint density at radius 3 is 2.91 bits per heavy atom. The molecule has 0 radical (unpaired) electrons. The molecule has 1 fully saturated rings. The van der Waals surface area contributed by atoms with Crippen molar-refractivity contribution in [2.24, 2.45) is 0 Å². The fourth-order valence-electron chi connectivity index (χ4n) is 2.33. The molecule has 8 heteroatoms. The summed E-state index contributed by atoms with van der Waals surface area (Å²) in [6.07, 6.45) is 4.02. The molecule has 1 amide bonds. The van der Waals surface area contributed by atoms with E-state index in [2.05, 4.69) is 22.2 Å². The van der Waals surface area contributed by atoms with Gasteiger partial charge in [0, 0.05) is 25.8 Å². The number of carbonyl (C=O) groups excluding carboxylic acids is 1. The maximum absolute atomic E-state index is 12.3. The molecule has 1 aromatic heterocycles. The number of rotatable bonds is 6. The Morgan fingerprint density at radius 1 is 1.50 bits per heavy atom. The Labute approximate surface area is 131 Å². The van der Waals surface area contributed by atoms with Crippen LogP contribution in [0, 0.1) is 0 Å². The molecule has 1 aliphatic rings. The Bertz CT molecular complexity index is 633. The van der Waals surface area contributed by atoms with E-state index >= 15 is 0 Å². The predicted molar refractivity (Wildman–Crippen MR) is 84.6 cm³/mol. The number of nitrogens with one attached hydrogen (secondary N) is 1. The van der Waals surface area contributed by atoms with Crippen LogP contribution in [0.1, 0.15) is 36.7 Å². The van der Waals surface area contributed by atoms with Crippen molar-refractivity contribution in [3.8, 4) is 0 Å². The van der Waals surface area contributed by atoms with Gasteiger partial charge < -0.3 is 10.2 Å². The quantitative estimate of drug-likeness (QED) is 0.836. The number of nitrogens with zero attached hydrogens (tertiary/aromatic N) is 3. The van der Waals surface area contributed by atoms with Crippen LogP contribution in [0.4, 0.5) is 5.95 Å². The highest BCUT2D eigenvalue weighted by atomic mass is 32.2. The largest absolute Gasteiger partial charge is 0.350 e. The van der Waals surface area contributed by atoms with Crippen molar-refractivity contribution < 1.29 is 13.2 Å². The first kappa shape index (κ1) is 16.7. The summed E-state index contributed by atoms with van der Waals surface area (Å²) in [5.41, 5.74) is 0.317. The zero-order valence-electron chi connectivity index (χ0n) is 12.9. The van der Waals surface area contributed by atoms with E-state index in [4.69, 9.17) is 0 Å². The SMILES string of the molecule is CCCCN(C)C(=O)c1ccnc(NC2CCS(=O)(=O)C2)n1. The monoisotopic (exact) mass is 326 g/mol. The smallest absolute Gasteiger partial charge is 0.272 e. The van der Waals surface area contributed by atoms with Gasteiger partial charge in [-0.1, -0.05) is 13.3 Å². The molecule has 22 heavy (non-hydrogen) atoms. The van der Waals surface area contributed by atoms with E-state index < -0.39 is 9.84 Å². The standard InChI is InChI=1S/C14H22N4O3S/c1-3-4-8-18(2)13(19)12-5-7-15-14(17-12)16-11-6-9-22(20,21)10-11/h5,7,11H,3-4,6,8-10H2,1-2H3,(H,15,16,17). The van der Waals surface area contributed by atoms with Gasteiger partial charge in [-0.25, -0.2) is 18.4 Å². The Morgan fingerprint density at radius 2 is 2.27 bits per heavy atom. The summed E-state index contributed by atoms with van der Waals surface area (Å²) in [5.74, 6) is 0.420. The summed E-state index contributed by atoms with van der Waals surface area (Å²) >= 11 is 0. The molecule has 1 atom stereocenters. The van der Waals surface area contributed by atoms with Crippen LogP contribution in [-0.2, 0) is 9.84 Å². The maximum Gasteiger partial charge on any atom is 0.272 e. The fourth-order valence-corrected chi connectivity index (χ4v) is 4.00. The second kappa shape index (κ2) is 7.04. The zero-order chi connectivity index (χ0) is 16.2. The number of anilines is 1. The van der Waals surface area contributed by atoms with Crippen LogP contribution in [0.5, 0.6) is 0 Å². The molecule has 1 saturated heterocycles. The molecule has 1 aliphatic heterocycles. The lowest BCUT2D eigenvalue weighted by Gasteiger charge is -2.17. The van der Waals surface area contributed by atoms with Crippen molar-refractivity contribution >= 4 is 21.7 Å².